The largest absolute Gasteiger partial charge is 0.423 e. The molecule has 0 atom stereocenters. The molecule has 4 rings (SSSR count). The number of anilines is 2. The van der Waals surface area contributed by atoms with Crippen molar-refractivity contribution in [1.82, 2.24) is 0 Å². The van der Waals surface area contributed by atoms with E-state index in [0.29, 0.717) is 31.4 Å². The summed E-state index contributed by atoms with van der Waals surface area (Å²) in [6, 6.07) is 12.3. The summed E-state index contributed by atoms with van der Waals surface area (Å²) in [6.07, 6.45) is -2.60. The Labute approximate surface area is 203 Å². The van der Waals surface area contributed by atoms with Crippen LogP contribution in [0.3, 0.4) is 0 Å². The smallest absolute Gasteiger partial charge is 0.382 e. The maximum atomic E-state index is 13.3. The quantitative estimate of drug-likeness (QED) is 0.224. The number of carbonyl (C=O) groups is 1. The van der Waals surface area contributed by atoms with E-state index in [9.17, 15) is 32.5 Å². The average Bonchev–Trinajstić information content (AvgIpc) is 2.83. The van der Waals surface area contributed by atoms with Crippen LogP contribution in [0.4, 0.5) is 34.6 Å². The van der Waals surface area contributed by atoms with E-state index in [1.54, 1.807) is 24.3 Å². The lowest BCUT2D eigenvalue weighted by atomic mass is 9.92. The number of halogens is 4. The maximum Gasteiger partial charge on any atom is 0.423 e. The normalized spacial score (nSPS) is 18.1. The van der Waals surface area contributed by atoms with Gasteiger partial charge in [-0.25, -0.2) is 4.39 Å². The predicted octanol–water partition coefficient (Wildman–Crippen LogP) is 6.28. The monoisotopic (exact) mass is 505 g/mol. The minimum absolute atomic E-state index is 0.122. The van der Waals surface area contributed by atoms with Crippen molar-refractivity contribution in [2.24, 2.45) is 0 Å². The Bertz CT molecular complexity index is 1270. The molecule has 1 aliphatic rings. The van der Waals surface area contributed by atoms with Crippen LogP contribution in [0.15, 0.2) is 54.6 Å². The van der Waals surface area contributed by atoms with Crippen LogP contribution in [0.1, 0.15) is 31.2 Å². The summed E-state index contributed by atoms with van der Waals surface area (Å²) < 4.78 is 58.6. The lowest BCUT2D eigenvalue weighted by Crippen LogP contribution is -2.31. The highest BCUT2D eigenvalue weighted by atomic mass is 19.4. The van der Waals surface area contributed by atoms with Crippen LogP contribution in [-0.2, 0) is 15.7 Å². The average molecular weight is 505 g/mol. The zero-order valence-electron chi connectivity index (χ0n) is 19.0. The molecule has 1 saturated carbocycles. The second-order valence-electron chi connectivity index (χ2n) is 8.67. The molecule has 0 saturated heterocycles. The van der Waals surface area contributed by atoms with Crippen molar-refractivity contribution >= 4 is 33.7 Å². The van der Waals surface area contributed by atoms with Crippen molar-refractivity contribution in [1.29, 1.82) is 0 Å². The summed E-state index contributed by atoms with van der Waals surface area (Å²) in [5.74, 6) is -0.668. The van der Waals surface area contributed by atoms with E-state index >= 15 is 0 Å². The fourth-order valence-corrected chi connectivity index (χ4v) is 4.31. The van der Waals surface area contributed by atoms with Gasteiger partial charge in [-0.2, -0.15) is 13.2 Å². The summed E-state index contributed by atoms with van der Waals surface area (Å²) in [5, 5.41) is 18.2. The van der Waals surface area contributed by atoms with E-state index in [0.717, 1.165) is 22.9 Å². The first-order valence-corrected chi connectivity index (χ1v) is 11.3. The van der Waals surface area contributed by atoms with Gasteiger partial charge in [-0.3, -0.25) is 14.9 Å². The zero-order chi connectivity index (χ0) is 25.9. The number of benzene rings is 3. The SMILES string of the molecule is O=C(CO[C@H]1CC[C@H](Nc2ccc([N+](=O)[O-])c(C(F)(F)F)c2)CC1)Nc1ccc2cc(F)ccc2c1. The number of hydrogen-bond donors (Lipinski definition) is 2. The summed E-state index contributed by atoms with van der Waals surface area (Å²) >= 11 is 0. The Morgan fingerprint density at radius 3 is 2.33 bits per heavy atom. The Kier molecular flexibility index (Phi) is 7.39. The summed E-state index contributed by atoms with van der Waals surface area (Å²) in [4.78, 5) is 22.2. The number of ether oxygens (including phenoxy) is 1. The fraction of sp³-hybridized carbons (Fsp3) is 0.320. The molecule has 2 N–H and O–H groups in total. The molecule has 3 aromatic rings. The number of rotatable bonds is 7. The van der Waals surface area contributed by atoms with Gasteiger partial charge in [0.15, 0.2) is 0 Å². The molecule has 7 nitrogen and oxygen atoms in total. The summed E-state index contributed by atoms with van der Waals surface area (Å²) in [5.41, 5.74) is -1.55. The fourth-order valence-electron chi connectivity index (χ4n) is 4.31. The van der Waals surface area contributed by atoms with Gasteiger partial charge in [-0.1, -0.05) is 12.1 Å². The number of fused-ring (bicyclic) bond motifs is 1. The minimum Gasteiger partial charge on any atom is -0.382 e. The van der Waals surface area contributed by atoms with E-state index in [-0.39, 0.29) is 36.2 Å². The molecule has 36 heavy (non-hydrogen) atoms. The van der Waals surface area contributed by atoms with E-state index in [4.69, 9.17) is 4.74 Å². The van der Waals surface area contributed by atoms with Gasteiger partial charge in [0.1, 0.15) is 18.0 Å². The van der Waals surface area contributed by atoms with Gasteiger partial charge in [0, 0.05) is 23.5 Å². The predicted molar refractivity (Wildman–Crippen MR) is 126 cm³/mol. The first kappa shape index (κ1) is 25.4. The third-order valence-electron chi connectivity index (χ3n) is 6.08. The molecule has 11 heteroatoms. The molecular weight excluding hydrogens is 482 g/mol. The van der Waals surface area contributed by atoms with Gasteiger partial charge in [0.05, 0.1) is 11.0 Å². The molecule has 0 unspecified atom stereocenters. The minimum atomic E-state index is -4.84. The molecule has 0 heterocycles. The van der Waals surface area contributed by atoms with Gasteiger partial charge >= 0.3 is 6.18 Å². The van der Waals surface area contributed by atoms with Crippen molar-refractivity contribution in [2.75, 3.05) is 17.2 Å². The van der Waals surface area contributed by atoms with Crippen LogP contribution in [0.2, 0.25) is 0 Å². The van der Waals surface area contributed by atoms with Gasteiger partial charge < -0.3 is 15.4 Å². The summed E-state index contributed by atoms with van der Waals surface area (Å²) in [6.45, 7) is -0.151. The second-order valence-corrected chi connectivity index (χ2v) is 8.67. The maximum absolute atomic E-state index is 13.3. The van der Waals surface area contributed by atoms with Crippen LogP contribution in [0.5, 0.6) is 0 Å². The standard InChI is InChI=1S/C25H23F4N3O4/c26-17-3-1-16-12-19(4-2-15(16)11-17)31-24(33)14-36-21-8-5-18(6-9-21)30-20-7-10-23(32(34)35)22(13-20)25(27,28)29/h1-4,7,10-13,18,21,30H,5-6,8-9,14H2,(H,31,33)/t18-,21-. The number of alkyl halides is 3. The number of nitrogens with zero attached hydrogens (tertiary/aromatic N) is 1. The van der Waals surface area contributed by atoms with E-state index in [1.165, 1.54) is 18.2 Å². The second kappa shape index (κ2) is 10.5. The number of nitro groups is 1. The van der Waals surface area contributed by atoms with Crippen molar-refractivity contribution < 1.29 is 32.0 Å². The lowest BCUT2D eigenvalue weighted by Gasteiger charge is -2.29. The Hall–Kier alpha value is -3.73. The van der Waals surface area contributed by atoms with Crippen molar-refractivity contribution in [3.05, 3.63) is 76.1 Å². The van der Waals surface area contributed by atoms with E-state index < -0.39 is 22.4 Å². The highest BCUT2D eigenvalue weighted by Crippen LogP contribution is 2.38. The Morgan fingerprint density at radius 2 is 1.64 bits per heavy atom. The molecule has 0 radical (unpaired) electrons. The van der Waals surface area contributed by atoms with E-state index in [1.807, 2.05) is 0 Å². The van der Waals surface area contributed by atoms with Gasteiger partial charge in [-0.05, 0) is 72.9 Å². The molecule has 1 amide bonds. The topological polar surface area (TPSA) is 93.5 Å². The molecule has 3 aromatic carbocycles. The third-order valence-corrected chi connectivity index (χ3v) is 6.08. The Morgan fingerprint density at radius 1 is 0.972 bits per heavy atom. The first-order valence-electron chi connectivity index (χ1n) is 11.3. The van der Waals surface area contributed by atoms with Crippen LogP contribution in [0.25, 0.3) is 10.8 Å². The molecule has 190 valence electrons. The van der Waals surface area contributed by atoms with Crippen LogP contribution >= 0.6 is 0 Å². The molecule has 1 aliphatic carbocycles. The van der Waals surface area contributed by atoms with Gasteiger partial charge in [0.2, 0.25) is 5.91 Å². The Balaban J connectivity index is 1.25. The summed E-state index contributed by atoms with van der Waals surface area (Å²) in [7, 11) is 0. The first-order chi connectivity index (χ1) is 17.1. The highest BCUT2D eigenvalue weighted by Gasteiger charge is 2.38. The molecule has 0 aliphatic heterocycles. The van der Waals surface area contributed by atoms with E-state index in [2.05, 4.69) is 10.6 Å². The molecular formula is C25H23F4N3O4. The number of carbonyl (C=O) groups excluding carboxylic acids is 1. The van der Waals surface area contributed by atoms with Crippen LogP contribution in [0, 0.1) is 15.9 Å². The third kappa shape index (κ3) is 6.28. The number of amides is 1. The number of hydrogen-bond acceptors (Lipinski definition) is 5. The number of nitrogens with one attached hydrogen (secondary N) is 2. The van der Waals surface area contributed by atoms with Crippen molar-refractivity contribution in [2.45, 2.75) is 44.0 Å². The lowest BCUT2D eigenvalue weighted by molar-refractivity contribution is -0.388. The molecule has 0 spiro atoms. The van der Waals surface area contributed by atoms with Crippen LogP contribution in [-0.4, -0.2) is 29.6 Å². The van der Waals surface area contributed by atoms with Gasteiger partial charge in [0.25, 0.3) is 5.69 Å². The van der Waals surface area contributed by atoms with Crippen molar-refractivity contribution in [3.63, 3.8) is 0 Å². The van der Waals surface area contributed by atoms with Crippen LogP contribution < -0.4 is 10.6 Å². The van der Waals surface area contributed by atoms with Crippen molar-refractivity contribution in [3.8, 4) is 0 Å². The molecule has 1 fully saturated rings. The molecule has 0 aromatic heterocycles. The molecule has 0 bridgehead atoms. The van der Waals surface area contributed by atoms with Gasteiger partial charge in [-0.15, -0.1) is 0 Å². The number of nitro benzene ring substituents is 1. The highest BCUT2D eigenvalue weighted by molar-refractivity contribution is 5.95. The zero-order valence-corrected chi connectivity index (χ0v) is 19.0.